The van der Waals surface area contributed by atoms with Crippen LogP contribution in [-0.4, -0.2) is 32.3 Å². The van der Waals surface area contributed by atoms with Crippen LogP contribution in [0.25, 0.3) is 0 Å². The van der Waals surface area contributed by atoms with Crippen LogP contribution in [0.2, 0.25) is 0 Å². The maximum atomic E-state index is 12.1. The van der Waals surface area contributed by atoms with Crippen LogP contribution in [0.5, 0.6) is 5.75 Å². The number of alkyl halides is 2. The van der Waals surface area contributed by atoms with Crippen molar-refractivity contribution in [2.24, 2.45) is 0 Å². The molecular formula is C14H20F2N2O. The van der Waals surface area contributed by atoms with E-state index in [1.165, 1.54) is 0 Å². The van der Waals surface area contributed by atoms with Crippen LogP contribution >= 0.6 is 0 Å². The second-order valence-corrected chi connectivity index (χ2v) is 4.69. The van der Waals surface area contributed by atoms with Crippen molar-refractivity contribution < 1.29 is 13.5 Å². The Hall–Kier alpha value is -1.36. The number of piperidine rings is 1. The van der Waals surface area contributed by atoms with E-state index >= 15 is 0 Å². The largest absolute Gasteiger partial charge is 0.435 e. The number of rotatable bonds is 5. The van der Waals surface area contributed by atoms with E-state index in [1.54, 1.807) is 12.1 Å². The Morgan fingerprint density at radius 3 is 2.42 bits per heavy atom. The zero-order valence-corrected chi connectivity index (χ0v) is 11.1. The van der Waals surface area contributed by atoms with Gasteiger partial charge in [0.25, 0.3) is 0 Å². The molecule has 0 bridgehead atoms. The van der Waals surface area contributed by atoms with Gasteiger partial charge >= 0.3 is 6.61 Å². The Labute approximate surface area is 112 Å². The van der Waals surface area contributed by atoms with Crippen LogP contribution < -0.4 is 15.0 Å². The van der Waals surface area contributed by atoms with Crippen molar-refractivity contribution in [2.75, 3.05) is 24.5 Å². The van der Waals surface area contributed by atoms with E-state index in [4.69, 9.17) is 0 Å². The molecule has 0 aliphatic carbocycles. The molecular weight excluding hydrogens is 250 g/mol. The van der Waals surface area contributed by atoms with Crippen molar-refractivity contribution in [2.45, 2.75) is 32.4 Å². The Balaban J connectivity index is 1.89. The normalized spacial score (nSPS) is 16.9. The van der Waals surface area contributed by atoms with Crippen molar-refractivity contribution in [3.63, 3.8) is 0 Å². The van der Waals surface area contributed by atoms with Crippen LogP contribution in [0.4, 0.5) is 14.5 Å². The quantitative estimate of drug-likeness (QED) is 0.890. The van der Waals surface area contributed by atoms with E-state index in [1.807, 2.05) is 12.1 Å². The average molecular weight is 270 g/mol. The lowest BCUT2D eigenvalue weighted by molar-refractivity contribution is -0.0498. The lowest BCUT2D eigenvalue weighted by Crippen LogP contribution is -2.42. The first kappa shape index (κ1) is 14.1. The summed E-state index contributed by atoms with van der Waals surface area (Å²) in [6, 6.07) is 7.47. The molecule has 0 radical (unpaired) electrons. The zero-order chi connectivity index (χ0) is 13.7. The molecule has 5 heteroatoms. The van der Waals surface area contributed by atoms with Gasteiger partial charge in [0.1, 0.15) is 5.75 Å². The molecule has 0 aromatic heterocycles. The molecule has 0 saturated carbocycles. The third-order valence-electron chi connectivity index (χ3n) is 3.41. The summed E-state index contributed by atoms with van der Waals surface area (Å²) in [5.41, 5.74) is 1.07. The minimum Gasteiger partial charge on any atom is -0.435 e. The number of anilines is 1. The molecule has 0 unspecified atom stereocenters. The maximum Gasteiger partial charge on any atom is 0.387 e. The van der Waals surface area contributed by atoms with E-state index < -0.39 is 6.61 Å². The highest BCUT2D eigenvalue weighted by Crippen LogP contribution is 2.23. The fraction of sp³-hybridized carbons (Fsp3) is 0.571. The predicted octanol–water partition coefficient (Wildman–Crippen LogP) is 2.87. The molecule has 1 aliphatic heterocycles. The fourth-order valence-corrected chi connectivity index (χ4v) is 2.47. The number of nitrogens with zero attached hydrogens (tertiary/aromatic N) is 1. The van der Waals surface area contributed by atoms with Crippen molar-refractivity contribution >= 4 is 5.69 Å². The highest BCUT2D eigenvalue weighted by atomic mass is 19.3. The van der Waals surface area contributed by atoms with Crippen molar-refractivity contribution in [3.05, 3.63) is 24.3 Å². The van der Waals surface area contributed by atoms with Crippen molar-refractivity contribution in [1.82, 2.24) is 5.32 Å². The summed E-state index contributed by atoms with van der Waals surface area (Å²) < 4.78 is 28.4. The molecule has 0 amide bonds. The molecule has 1 fully saturated rings. The molecule has 3 nitrogen and oxygen atoms in total. The summed E-state index contributed by atoms with van der Waals surface area (Å²) in [4.78, 5) is 2.28. The summed E-state index contributed by atoms with van der Waals surface area (Å²) in [7, 11) is 0. The van der Waals surface area contributed by atoms with Gasteiger partial charge in [-0.2, -0.15) is 8.78 Å². The van der Waals surface area contributed by atoms with Gasteiger partial charge in [-0.1, -0.05) is 6.92 Å². The third kappa shape index (κ3) is 4.06. The topological polar surface area (TPSA) is 24.5 Å². The van der Waals surface area contributed by atoms with Crippen LogP contribution in [0.3, 0.4) is 0 Å². The second-order valence-electron chi connectivity index (χ2n) is 4.69. The van der Waals surface area contributed by atoms with E-state index in [2.05, 4.69) is 21.9 Å². The van der Waals surface area contributed by atoms with Crippen LogP contribution in [-0.2, 0) is 0 Å². The summed E-state index contributed by atoms with van der Waals surface area (Å²) in [5.74, 6) is 0.210. The maximum absolute atomic E-state index is 12.1. The molecule has 0 spiro atoms. The lowest BCUT2D eigenvalue weighted by Gasteiger charge is -2.34. The fourth-order valence-electron chi connectivity index (χ4n) is 2.47. The predicted molar refractivity (Wildman–Crippen MR) is 72.0 cm³/mol. The summed E-state index contributed by atoms with van der Waals surface area (Å²) in [5, 5.41) is 3.46. The molecule has 1 saturated heterocycles. The number of nitrogens with one attached hydrogen (secondary N) is 1. The smallest absolute Gasteiger partial charge is 0.387 e. The SMILES string of the molecule is CCNC1CCN(c2ccc(OC(F)F)cc2)CC1. The van der Waals surface area contributed by atoms with E-state index in [-0.39, 0.29) is 5.75 Å². The molecule has 19 heavy (non-hydrogen) atoms. The van der Waals surface area contributed by atoms with Crippen LogP contribution in [0.15, 0.2) is 24.3 Å². The first-order chi connectivity index (χ1) is 9.19. The van der Waals surface area contributed by atoms with E-state index in [0.717, 1.165) is 38.2 Å². The molecule has 1 aromatic rings. The van der Waals surface area contributed by atoms with Gasteiger partial charge in [0, 0.05) is 24.8 Å². The van der Waals surface area contributed by atoms with Gasteiger partial charge < -0.3 is 15.0 Å². The average Bonchev–Trinajstić information content (AvgIpc) is 2.40. The Morgan fingerprint density at radius 1 is 1.26 bits per heavy atom. The minimum absolute atomic E-state index is 0.210. The Morgan fingerprint density at radius 2 is 1.89 bits per heavy atom. The van der Waals surface area contributed by atoms with Gasteiger partial charge in [0.15, 0.2) is 0 Å². The first-order valence-electron chi connectivity index (χ1n) is 6.72. The van der Waals surface area contributed by atoms with Crippen molar-refractivity contribution in [1.29, 1.82) is 0 Å². The van der Waals surface area contributed by atoms with E-state index in [9.17, 15) is 8.78 Å². The summed E-state index contributed by atoms with van der Waals surface area (Å²) in [6.07, 6.45) is 2.23. The van der Waals surface area contributed by atoms with Crippen molar-refractivity contribution in [3.8, 4) is 5.75 Å². The van der Waals surface area contributed by atoms with Crippen LogP contribution in [0.1, 0.15) is 19.8 Å². The monoisotopic (exact) mass is 270 g/mol. The number of hydrogen-bond acceptors (Lipinski definition) is 3. The van der Waals surface area contributed by atoms with Gasteiger partial charge in [0.05, 0.1) is 0 Å². The number of halogens is 2. The zero-order valence-electron chi connectivity index (χ0n) is 11.1. The molecule has 1 heterocycles. The summed E-state index contributed by atoms with van der Waals surface area (Å²) in [6.45, 7) is 2.35. The minimum atomic E-state index is -2.76. The molecule has 1 N–H and O–H groups in total. The number of benzene rings is 1. The highest BCUT2D eigenvalue weighted by Gasteiger charge is 2.18. The highest BCUT2D eigenvalue weighted by molar-refractivity contribution is 5.49. The van der Waals surface area contributed by atoms with Gasteiger partial charge in [-0.25, -0.2) is 0 Å². The lowest BCUT2D eigenvalue weighted by atomic mass is 10.0. The second kappa shape index (κ2) is 6.70. The first-order valence-corrected chi connectivity index (χ1v) is 6.72. The van der Waals surface area contributed by atoms with Gasteiger partial charge in [-0.15, -0.1) is 0 Å². The molecule has 2 rings (SSSR count). The molecule has 1 aliphatic rings. The van der Waals surface area contributed by atoms with Gasteiger partial charge in [-0.05, 0) is 43.7 Å². The van der Waals surface area contributed by atoms with Crippen LogP contribution in [0, 0.1) is 0 Å². The standard InChI is InChI=1S/C14H20F2N2O/c1-2-17-11-7-9-18(10-8-11)12-3-5-13(6-4-12)19-14(15)16/h3-6,11,14,17H,2,7-10H2,1H3. The molecule has 1 aromatic carbocycles. The Kier molecular flexibility index (Phi) is 4.96. The third-order valence-corrected chi connectivity index (χ3v) is 3.41. The number of ether oxygens (including phenoxy) is 1. The molecule has 106 valence electrons. The van der Waals surface area contributed by atoms with Gasteiger partial charge in [0.2, 0.25) is 0 Å². The van der Waals surface area contributed by atoms with E-state index in [0.29, 0.717) is 6.04 Å². The Bertz CT molecular complexity index is 376. The van der Waals surface area contributed by atoms with Gasteiger partial charge in [-0.3, -0.25) is 0 Å². The molecule has 0 atom stereocenters. The summed E-state index contributed by atoms with van der Waals surface area (Å²) >= 11 is 0. The number of hydrogen-bond donors (Lipinski definition) is 1.